The number of aliphatic hydroxyl groups excluding tert-OH is 2. The van der Waals surface area contributed by atoms with Gasteiger partial charge in [-0.25, -0.2) is 0 Å². The van der Waals surface area contributed by atoms with Gasteiger partial charge in [0.25, 0.3) is 0 Å². The van der Waals surface area contributed by atoms with Gasteiger partial charge in [0.05, 0.1) is 25.4 Å². The first-order valence-corrected chi connectivity index (χ1v) is 32.6. The van der Waals surface area contributed by atoms with Crippen LogP contribution >= 0.6 is 0 Å². The van der Waals surface area contributed by atoms with Crippen LogP contribution in [-0.2, 0) is 14.3 Å². The number of allylic oxidation sites excluding steroid dienone is 4. The Balaban J connectivity index is 3.34. The average Bonchev–Trinajstić information content (AvgIpc) is 3.38. The van der Waals surface area contributed by atoms with Crippen molar-refractivity contribution in [2.75, 3.05) is 13.2 Å². The van der Waals surface area contributed by atoms with Gasteiger partial charge in [0.2, 0.25) is 5.91 Å². The van der Waals surface area contributed by atoms with Crippen LogP contribution in [-0.4, -0.2) is 47.4 Å². The first kappa shape index (κ1) is 70.3. The number of hydrogen-bond donors (Lipinski definition) is 3. The zero-order valence-corrected chi connectivity index (χ0v) is 48.7. The Morgan fingerprint density at radius 3 is 0.986 bits per heavy atom. The van der Waals surface area contributed by atoms with E-state index in [9.17, 15) is 19.8 Å². The highest BCUT2D eigenvalue weighted by Crippen LogP contribution is 2.18. The molecule has 6 heteroatoms. The van der Waals surface area contributed by atoms with Crippen LogP contribution in [0.1, 0.15) is 361 Å². The highest BCUT2D eigenvalue weighted by molar-refractivity contribution is 5.76. The van der Waals surface area contributed by atoms with E-state index in [1.807, 2.05) is 0 Å². The van der Waals surface area contributed by atoms with Crippen molar-refractivity contribution in [3.05, 3.63) is 24.3 Å². The van der Waals surface area contributed by atoms with Crippen molar-refractivity contribution in [1.29, 1.82) is 0 Å². The number of amides is 1. The topological polar surface area (TPSA) is 95.9 Å². The highest BCUT2D eigenvalue weighted by atomic mass is 16.5. The first-order chi connectivity index (χ1) is 35.5. The zero-order valence-electron chi connectivity index (χ0n) is 48.7. The number of esters is 1. The Morgan fingerprint density at radius 1 is 0.375 bits per heavy atom. The molecular weight excluding hydrogens is 887 g/mol. The molecule has 0 heterocycles. The van der Waals surface area contributed by atoms with Gasteiger partial charge in [-0.1, -0.05) is 295 Å². The number of rotatable bonds is 61. The summed E-state index contributed by atoms with van der Waals surface area (Å²) in [5, 5.41) is 23.2. The smallest absolute Gasteiger partial charge is 0.305 e. The van der Waals surface area contributed by atoms with E-state index in [1.54, 1.807) is 0 Å². The maximum absolute atomic E-state index is 12.4. The standard InChI is InChI=1S/C66H127NO5/c1-3-5-7-9-11-13-15-16-17-30-34-37-40-44-48-52-56-60-66(71)72-61-57-53-49-45-41-38-35-32-29-27-25-23-21-19-18-20-22-24-26-28-31-33-36-39-43-47-51-55-59-65(70)67-63(62-68)64(69)58-54-50-46-42-14-12-10-8-6-4-2/h16-19,63-64,68-69H,3-15,20-62H2,1-2H3,(H,67,70)/b17-16-,19-18-. The van der Waals surface area contributed by atoms with E-state index >= 15 is 0 Å². The molecule has 3 N–H and O–H groups in total. The van der Waals surface area contributed by atoms with Crippen molar-refractivity contribution in [1.82, 2.24) is 5.32 Å². The van der Waals surface area contributed by atoms with Gasteiger partial charge < -0.3 is 20.3 Å². The number of ether oxygens (including phenoxy) is 1. The molecule has 2 unspecified atom stereocenters. The molecule has 0 saturated carbocycles. The molecule has 6 nitrogen and oxygen atoms in total. The van der Waals surface area contributed by atoms with E-state index < -0.39 is 12.1 Å². The molecule has 0 aromatic rings. The van der Waals surface area contributed by atoms with Crippen molar-refractivity contribution in [2.24, 2.45) is 0 Å². The third kappa shape index (κ3) is 57.6. The summed E-state index contributed by atoms with van der Waals surface area (Å²) >= 11 is 0. The molecule has 0 aromatic carbocycles. The van der Waals surface area contributed by atoms with Gasteiger partial charge in [0, 0.05) is 12.8 Å². The summed E-state index contributed by atoms with van der Waals surface area (Å²) in [6, 6.07) is -0.539. The van der Waals surface area contributed by atoms with Crippen LogP contribution < -0.4 is 5.32 Å². The lowest BCUT2D eigenvalue weighted by atomic mass is 10.0. The van der Waals surface area contributed by atoms with Crippen molar-refractivity contribution in [3.63, 3.8) is 0 Å². The van der Waals surface area contributed by atoms with Crippen LogP contribution in [0.25, 0.3) is 0 Å². The molecule has 0 aliphatic heterocycles. The molecule has 0 aliphatic carbocycles. The van der Waals surface area contributed by atoms with Crippen molar-refractivity contribution in [3.8, 4) is 0 Å². The molecule has 426 valence electrons. The van der Waals surface area contributed by atoms with Crippen molar-refractivity contribution >= 4 is 11.9 Å². The third-order valence-corrected chi connectivity index (χ3v) is 15.2. The molecule has 0 saturated heterocycles. The SMILES string of the molecule is CCCCCCCC/C=C\CCCCCCCCCC(=O)OCCCCCCCCCCCCCC/C=C\CCCCCCCCCCCCCCC(=O)NC(CO)C(O)CCCCCCCCCCCC. The Bertz CT molecular complexity index is 1120. The Morgan fingerprint density at radius 2 is 0.653 bits per heavy atom. The number of nitrogens with one attached hydrogen (secondary N) is 1. The molecule has 0 rings (SSSR count). The van der Waals surface area contributed by atoms with Crippen LogP contribution in [0.15, 0.2) is 24.3 Å². The molecule has 0 bridgehead atoms. The second-order valence-electron chi connectivity index (χ2n) is 22.4. The van der Waals surface area contributed by atoms with Gasteiger partial charge in [-0.05, 0) is 77.0 Å². The van der Waals surface area contributed by atoms with Gasteiger partial charge in [-0.2, -0.15) is 0 Å². The maximum Gasteiger partial charge on any atom is 0.305 e. The summed E-state index contributed by atoms with van der Waals surface area (Å²) in [4.78, 5) is 24.5. The molecule has 72 heavy (non-hydrogen) atoms. The Hall–Kier alpha value is -1.66. The molecular formula is C66H127NO5. The number of hydrogen-bond acceptors (Lipinski definition) is 5. The quantitative estimate of drug-likeness (QED) is 0.0320. The van der Waals surface area contributed by atoms with E-state index in [2.05, 4.69) is 43.5 Å². The summed E-state index contributed by atoms with van der Waals surface area (Å²) in [6.45, 7) is 4.95. The van der Waals surface area contributed by atoms with E-state index in [-0.39, 0.29) is 18.5 Å². The van der Waals surface area contributed by atoms with Gasteiger partial charge in [0.1, 0.15) is 0 Å². The van der Waals surface area contributed by atoms with Gasteiger partial charge in [0.15, 0.2) is 0 Å². The van der Waals surface area contributed by atoms with Gasteiger partial charge >= 0.3 is 5.97 Å². The fraction of sp³-hybridized carbons (Fsp3) is 0.909. The van der Waals surface area contributed by atoms with Crippen LogP contribution in [0.4, 0.5) is 0 Å². The summed E-state index contributed by atoms with van der Waals surface area (Å²) in [7, 11) is 0. The van der Waals surface area contributed by atoms with Crippen molar-refractivity contribution < 1.29 is 24.5 Å². The Kier molecular flexibility index (Phi) is 60.5. The first-order valence-electron chi connectivity index (χ1n) is 32.6. The second kappa shape index (κ2) is 61.9. The third-order valence-electron chi connectivity index (χ3n) is 15.2. The summed E-state index contributed by atoms with van der Waals surface area (Å²) in [5.74, 6) is -0.0225. The average molecular weight is 1010 g/mol. The minimum absolute atomic E-state index is 0.0128. The lowest BCUT2D eigenvalue weighted by Gasteiger charge is -2.22. The fourth-order valence-electron chi connectivity index (χ4n) is 10.2. The lowest BCUT2D eigenvalue weighted by Crippen LogP contribution is -2.45. The van der Waals surface area contributed by atoms with Gasteiger partial charge in [-0.3, -0.25) is 9.59 Å². The molecule has 0 spiro atoms. The monoisotopic (exact) mass is 1010 g/mol. The molecule has 1 amide bonds. The highest BCUT2D eigenvalue weighted by Gasteiger charge is 2.20. The second-order valence-corrected chi connectivity index (χ2v) is 22.4. The van der Waals surface area contributed by atoms with Gasteiger partial charge in [-0.15, -0.1) is 0 Å². The lowest BCUT2D eigenvalue weighted by molar-refractivity contribution is -0.143. The normalized spacial score (nSPS) is 12.7. The molecule has 0 radical (unpaired) electrons. The largest absolute Gasteiger partial charge is 0.466 e. The van der Waals surface area contributed by atoms with Crippen molar-refractivity contribution in [2.45, 2.75) is 373 Å². The van der Waals surface area contributed by atoms with Crippen LogP contribution in [0.5, 0.6) is 0 Å². The summed E-state index contributed by atoms with van der Waals surface area (Å²) in [5.41, 5.74) is 0. The molecule has 0 aromatic heterocycles. The minimum Gasteiger partial charge on any atom is -0.466 e. The molecule has 0 aliphatic rings. The Labute approximate surface area is 450 Å². The number of carbonyl (C=O) groups excluding carboxylic acids is 2. The summed E-state index contributed by atoms with van der Waals surface area (Å²) < 4.78 is 5.50. The van der Waals surface area contributed by atoms with E-state index in [0.29, 0.717) is 25.9 Å². The van der Waals surface area contributed by atoms with Crippen LogP contribution in [0.3, 0.4) is 0 Å². The summed E-state index contributed by atoms with van der Waals surface area (Å²) in [6.07, 6.45) is 76.4. The maximum atomic E-state index is 12.4. The number of aliphatic hydroxyl groups is 2. The van der Waals surface area contributed by atoms with Crippen LogP contribution in [0, 0.1) is 0 Å². The zero-order chi connectivity index (χ0) is 52.2. The van der Waals surface area contributed by atoms with E-state index in [1.165, 1.54) is 283 Å². The molecule has 0 fully saturated rings. The number of unbranched alkanes of at least 4 members (excludes halogenated alkanes) is 46. The molecule has 2 atom stereocenters. The fourth-order valence-corrected chi connectivity index (χ4v) is 10.2. The van der Waals surface area contributed by atoms with E-state index in [0.717, 1.165) is 44.9 Å². The van der Waals surface area contributed by atoms with E-state index in [4.69, 9.17) is 4.74 Å². The number of carbonyl (C=O) groups is 2. The minimum atomic E-state index is -0.662. The predicted octanol–water partition coefficient (Wildman–Crippen LogP) is 20.6. The van der Waals surface area contributed by atoms with Crippen LogP contribution in [0.2, 0.25) is 0 Å². The predicted molar refractivity (Wildman–Crippen MR) is 315 cm³/mol.